The van der Waals surface area contributed by atoms with E-state index in [0.717, 1.165) is 15.4 Å². The number of nitrogens with one attached hydrogen (secondary N) is 1. The Kier molecular flexibility index (Phi) is 12.2. The molecule has 46 heavy (non-hydrogen) atoms. The Morgan fingerprint density at radius 1 is 0.826 bits per heavy atom. The summed E-state index contributed by atoms with van der Waals surface area (Å²) in [6.07, 6.45) is 0.943. The average molecular weight is 662 g/mol. The zero-order valence-electron chi connectivity index (χ0n) is 26.3. The van der Waals surface area contributed by atoms with Crippen LogP contribution in [0.15, 0.2) is 114 Å². The van der Waals surface area contributed by atoms with E-state index < -0.39 is 28.5 Å². The second-order valence-electron chi connectivity index (χ2n) is 10.9. The summed E-state index contributed by atoms with van der Waals surface area (Å²) < 4.78 is 35.4. The summed E-state index contributed by atoms with van der Waals surface area (Å²) >= 11 is 6.08. The van der Waals surface area contributed by atoms with Crippen molar-refractivity contribution in [3.63, 3.8) is 0 Å². The van der Waals surface area contributed by atoms with E-state index in [-0.39, 0.29) is 42.1 Å². The van der Waals surface area contributed by atoms with Crippen LogP contribution >= 0.6 is 11.6 Å². The maximum atomic E-state index is 14.6. The number of amides is 2. The number of para-hydroxylation sites is 2. The van der Waals surface area contributed by atoms with Crippen LogP contribution < -0.4 is 14.4 Å². The molecule has 10 heteroatoms. The van der Waals surface area contributed by atoms with E-state index in [4.69, 9.17) is 16.3 Å². The molecule has 8 nitrogen and oxygen atoms in total. The molecule has 0 aliphatic heterocycles. The van der Waals surface area contributed by atoms with Crippen LogP contribution in [0.5, 0.6) is 5.75 Å². The second kappa shape index (κ2) is 16.3. The minimum absolute atomic E-state index is 0.0408. The van der Waals surface area contributed by atoms with Crippen molar-refractivity contribution in [1.29, 1.82) is 0 Å². The Balaban J connectivity index is 1.83. The van der Waals surface area contributed by atoms with E-state index in [2.05, 4.69) is 5.32 Å². The number of hydrogen-bond acceptors (Lipinski definition) is 5. The summed E-state index contributed by atoms with van der Waals surface area (Å²) in [5.74, 6) is -0.558. The maximum Gasteiger partial charge on any atom is 0.264 e. The first-order valence-electron chi connectivity index (χ1n) is 15.3. The van der Waals surface area contributed by atoms with Crippen molar-refractivity contribution in [2.45, 2.75) is 57.1 Å². The number of hydrogen-bond donors (Lipinski definition) is 1. The van der Waals surface area contributed by atoms with Gasteiger partial charge in [0.15, 0.2) is 0 Å². The van der Waals surface area contributed by atoms with Gasteiger partial charge in [0.05, 0.1) is 17.2 Å². The van der Waals surface area contributed by atoms with Gasteiger partial charge in [0, 0.05) is 24.0 Å². The lowest BCUT2D eigenvalue weighted by atomic mass is 10.0. The minimum atomic E-state index is -4.29. The van der Waals surface area contributed by atoms with Crippen LogP contribution in [0.3, 0.4) is 0 Å². The van der Waals surface area contributed by atoms with Crippen LogP contribution in [0.4, 0.5) is 5.69 Å². The van der Waals surface area contributed by atoms with Crippen LogP contribution in [0.2, 0.25) is 5.02 Å². The Labute approximate surface area is 277 Å². The van der Waals surface area contributed by atoms with E-state index in [0.29, 0.717) is 17.2 Å². The van der Waals surface area contributed by atoms with Gasteiger partial charge in [-0.05, 0) is 67.8 Å². The monoisotopic (exact) mass is 661 g/mol. The Morgan fingerprint density at radius 2 is 1.41 bits per heavy atom. The molecule has 1 N–H and O–H groups in total. The molecule has 0 saturated heterocycles. The normalized spacial score (nSPS) is 12.5. The molecule has 0 unspecified atom stereocenters. The molecule has 0 bridgehead atoms. The predicted octanol–water partition coefficient (Wildman–Crippen LogP) is 6.49. The molecule has 0 aromatic heterocycles. The molecule has 0 heterocycles. The third kappa shape index (κ3) is 8.89. The summed E-state index contributed by atoms with van der Waals surface area (Å²) in [5.41, 5.74) is 1.87. The highest BCUT2D eigenvalue weighted by Crippen LogP contribution is 2.33. The van der Waals surface area contributed by atoms with E-state index in [1.807, 2.05) is 74.5 Å². The van der Waals surface area contributed by atoms with Crippen molar-refractivity contribution in [2.24, 2.45) is 0 Å². The number of carbonyl (C=O) groups excluding carboxylic acids is 2. The molecule has 0 saturated carbocycles. The standard InChI is InChI=1S/C36H40ClN3O5S/c1-4-27(3)38-36(42)33(24-28-14-8-6-9-15-28)39(25-29-16-10-7-11-17-29)35(41)26-40(32-18-12-13-19-34(32)45-5-2)46(43,44)31-22-20-30(37)21-23-31/h6-23,27,33H,4-5,24-26H2,1-3H3,(H,38,42)/t27-,33+/m1/s1. The number of carbonyl (C=O) groups is 2. The third-order valence-electron chi connectivity index (χ3n) is 7.58. The number of rotatable bonds is 15. The van der Waals surface area contributed by atoms with Gasteiger partial charge in [0.2, 0.25) is 11.8 Å². The SMILES string of the molecule is CCOc1ccccc1N(CC(=O)N(Cc1ccccc1)[C@@H](Cc1ccccc1)C(=O)N[C@H](C)CC)S(=O)(=O)c1ccc(Cl)cc1. The average Bonchev–Trinajstić information content (AvgIpc) is 3.06. The van der Waals surface area contributed by atoms with Gasteiger partial charge >= 0.3 is 0 Å². The number of anilines is 1. The van der Waals surface area contributed by atoms with Crippen LogP contribution in [-0.2, 0) is 32.6 Å². The number of sulfonamides is 1. The van der Waals surface area contributed by atoms with Crippen LogP contribution in [0.1, 0.15) is 38.3 Å². The molecule has 2 atom stereocenters. The van der Waals surface area contributed by atoms with Crippen LogP contribution in [0, 0.1) is 0 Å². The van der Waals surface area contributed by atoms with Gasteiger partial charge in [-0.3, -0.25) is 13.9 Å². The van der Waals surface area contributed by atoms with Crippen LogP contribution in [0.25, 0.3) is 0 Å². The summed E-state index contributed by atoms with van der Waals surface area (Å²) in [6, 6.07) is 30.2. The second-order valence-corrected chi connectivity index (χ2v) is 13.2. The third-order valence-corrected chi connectivity index (χ3v) is 9.61. The molecule has 4 aromatic rings. The number of benzene rings is 4. The predicted molar refractivity (Wildman–Crippen MR) is 182 cm³/mol. The van der Waals surface area contributed by atoms with Crippen molar-refractivity contribution in [3.05, 3.63) is 125 Å². The molecule has 0 fully saturated rings. The molecule has 4 rings (SSSR count). The first-order chi connectivity index (χ1) is 22.1. The van der Waals surface area contributed by atoms with Gasteiger partial charge < -0.3 is 15.0 Å². The summed E-state index contributed by atoms with van der Waals surface area (Å²) in [5, 5.41) is 3.42. The van der Waals surface area contributed by atoms with Crippen LogP contribution in [-0.4, -0.2) is 50.4 Å². The largest absolute Gasteiger partial charge is 0.492 e. The molecule has 4 aromatic carbocycles. The summed E-state index contributed by atoms with van der Waals surface area (Å²) in [6.45, 7) is 5.47. The lowest BCUT2D eigenvalue weighted by molar-refractivity contribution is -0.140. The smallest absolute Gasteiger partial charge is 0.264 e. The van der Waals surface area contributed by atoms with E-state index in [1.165, 1.54) is 29.2 Å². The van der Waals surface area contributed by atoms with E-state index >= 15 is 0 Å². The van der Waals surface area contributed by atoms with Crippen molar-refractivity contribution in [1.82, 2.24) is 10.2 Å². The fourth-order valence-electron chi connectivity index (χ4n) is 4.96. The highest BCUT2D eigenvalue weighted by atomic mass is 35.5. The van der Waals surface area contributed by atoms with Gasteiger partial charge in [-0.1, -0.05) is 91.3 Å². The van der Waals surface area contributed by atoms with Crippen molar-refractivity contribution in [3.8, 4) is 5.75 Å². The lowest BCUT2D eigenvalue weighted by Crippen LogP contribution is -2.54. The molecular formula is C36H40ClN3O5S. The Bertz CT molecular complexity index is 1690. The highest BCUT2D eigenvalue weighted by molar-refractivity contribution is 7.92. The topological polar surface area (TPSA) is 96.0 Å². The first-order valence-corrected chi connectivity index (χ1v) is 17.1. The minimum Gasteiger partial charge on any atom is -0.492 e. The summed E-state index contributed by atoms with van der Waals surface area (Å²) in [4.78, 5) is 30.0. The van der Waals surface area contributed by atoms with Gasteiger partial charge in [0.1, 0.15) is 18.3 Å². The number of nitrogens with zero attached hydrogens (tertiary/aromatic N) is 2. The molecule has 242 valence electrons. The highest BCUT2D eigenvalue weighted by Gasteiger charge is 2.35. The van der Waals surface area contributed by atoms with Gasteiger partial charge in [-0.15, -0.1) is 0 Å². The zero-order chi connectivity index (χ0) is 33.1. The first kappa shape index (κ1) is 34.5. The van der Waals surface area contributed by atoms with Gasteiger partial charge in [0.25, 0.3) is 10.0 Å². The van der Waals surface area contributed by atoms with Crippen molar-refractivity contribution >= 4 is 39.1 Å². The summed E-state index contributed by atoms with van der Waals surface area (Å²) in [7, 11) is -4.29. The van der Waals surface area contributed by atoms with Crippen molar-refractivity contribution < 1.29 is 22.7 Å². The van der Waals surface area contributed by atoms with E-state index in [1.54, 1.807) is 31.2 Å². The molecule has 0 aliphatic carbocycles. The number of ether oxygens (including phenoxy) is 1. The Hall–Kier alpha value is -4.34. The Morgan fingerprint density at radius 3 is 2.02 bits per heavy atom. The lowest BCUT2D eigenvalue weighted by Gasteiger charge is -2.34. The number of halogens is 1. The quantitative estimate of drug-likeness (QED) is 0.157. The molecule has 0 radical (unpaired) electrons. The fourth-order valence-corrected chi connectivity index (χ4v) is 6.51. The zero-order valence-corrected chi connectivity index (χ0v) is 27.9. The van der Waals surface area contributed by atoms with E-state index in [9.17, 15) is 18.0 Å². The molecule has 0 spiro atoms. The fraction of sp³-hybridized carbons (Fsp3) is 0.278. The van der Waals surface area contributed by atoms with Crippen molar-refractivity contribution in [2.75, 3.05) is 17.5 Å². The molecule has 0 aliphatic rings. The molecule has 2 amide bonds. The van der Waals surface area contributed by atoms with Gasteiger partial charge in [-0.2, -0.15) is 0 Å². The maximum absolute atomic E-state index is 14.6. The van der Waals surface area contributed by atoms with Gasteiger partial charge in [-0.25, -0.2) is 8.42 Å². The molecular weight excluding hydrogens is 622 g/mol.